The molecule has 0 bridgehead atoms. The topological polar surface area (TPSA) is 99.4 Å². The van der Waals surface area contributed by atoms with Crippen LogP contribution in [0, 0.1) is 0 Å². The van der Waals surface area contributed by atoms with Crippen molar-refractivity contribution < 1.29 is 27.9 Å². The molecule has 0 radical (unpaired) electrons. The van der Waals surface area contributed by atoms with Crippen molar-refractivity contribution in [1.29, 1.82) is 0 Å². The molecule has 1 aromatic rings. The van der Waals surface area contributed by atoms with Crippen LogP contribution in [0.1, 0.15) is 27.7 Å². The van der Waals surface area contributed by atoms with Crippen molar-refractivity contribution in [3.8, 4) is 0 Å². The Bertz CT molecular complexity index is 696. The number of ketones is 1. The van der Waals surface area contributed by atoms with Crippen molar-refractivity contribution in [2.45, 2.75) is 18.6 Å². The van der Waals surface area contributed by atoms with Gasteiger partial charge in [-0.2, -0.15) is 13.2 Å². The van der Waals surface area contributed by atoms with E-state index >= 15 is 0 Å². The van der Waals surface area contributed by atoms with Crippen molar-refractivity contribution in [2.75, 3.05) is 13.6 Å². The van der Waals surface area contributed by atoms with Crippen LogP contribution in [0.4, 0.5) is 13.2 Å². The second kappa shape index (κ2) is 6.00. The Hall–Kier alpha value is -1.81. The molecule has 0 amide bonds. The zero-order valence-corrected chi connectivity index (χ0v) is 13.5. The molecule has 126 valence electrons. The summed E-state index contributed by atoms with van der Waals surface area (Å²) in [4.78, 5) is 26.1. The second-order valence-electron chi connectivity index (χ2n) is 5.13. The minimum absolute atomic E-state index is 0.0975. The van der Waals surface area contributed by atoms with E-state index in [1.54, 1.807) is 0 Å². The Balaban J connectivity index is 0.000000236. The number of carbonyl (C=O) groups excluding carboxylic acids is 1. The van der Waals surface area contributed by atoms with Gasteiger partial charge in [0.1, 0.15) is 0 Å². The van der Waals surface area contributed by atoms with E-state index in [1.165, 1.54) is 5.56 Å². The number of carboxylic acids is 1. The molecule has 1 unspecified atom stereocenters. The summed E-state index contributed by atoms with van der Waals surface area (Å²) in [5.41, 5.74) is 9.14. The summed E-state index contributed by atoms with van der Waals surface area (Å²) in [5.74, 6) is -2.85. The maximum atomic E-state index is 12.0. The van der Waals surface area contributed by atoms with E-state index < -0.39 is 12.1 Å². The van der Waals surface area contributed by atoms with E-state index in [0.29, 0.717) is 11.4 Å². The highest BCUT2D eigenvalue weighted by Gasteiger charge is 2.39. The van der Waals surface area contributed by atoms with Gasteiger partial charge in [0.2, 0.25) is 5.78 Å². The first-order chi connectivity index (χ1) is 10.6. The van der Waals surface area contributed by atoms with Crippen LogP contribution < -0.4 is 5.73 Å². The molecule has 23 heavy (non-hydrogen) atoms. The zero-order chi connectivity index (χ0) is 17.5. The Labute approximate surface area is 137 Å². The lowest BCUT2D eigenvalue weighted by Gasteiger charge is -2.35. The number of nitrogens with zero attached hydrogens (tertiary/aromatic N) is 1. The average Bonchev–Trinajstić information content (AvgIpc) is 2.87. The molecule has 0 spiro atoms. The number of Topliss-reactive ketones (excluding diaryl/α,β-unsaturated/α-hetero) is 1. The monoisotopic (exact) mass is 395 g/mol. The number of H-pyrrole nitrogens is 1. The Kier molecular flexibility index (Phi) is 4.58. The van der Waals surface area contributed by atoms with E-state index in [4.69, 9.17) is 15.6 Å². The molecular weight excluding hydrogens is 383 g/mol. The lowest BCUT2D eigenvalue weighted by atomic mass is 9.88. The molecule has 1 atom stereocenters. The SMILES string of the molecule is CN1CCc2c[nH]c3c2C1C(Br)=C(N)C3=O.O=C(O)C(F)(F)F. The van der Waals surface area contributed by atoms with Crippen LogP contribution in [-0.2, 0) is 11.2 Å². The van der Waals surface area contributed by atoms with E-state index in [2.05, 4.69) is 32.9 Å². The maximum Gasteiger partial charge on any atom is 0.490 e. The minimum Gasteiger partial charge on any atom is -0.475 e. The number of hydrogen-bond donors (Lipinski definition) is 3. The van der Waals surface area contributed by atoms with E-state index in [1.807, 2.05) is 6.20 Å². The number of halogens is 4. The number of nitrogens with one attached hydrogen (secondary N) is 1. The van der Waals surface area contributed by atoms with Crippen molar-refractivity contribution in [1.82, 2.24) is 9.88 Å². The molecule has 2 heterocycles. The lowest BCUT2D eigenvalue weighted by Crippen LogP contribution is -2.37. The number of likely N-dealkylation sites (N-methyl/N-ethyl adjacent to an activating group) is 1. The van der Waals surface area contributed by atoms with E-state index in [9.17, 15) is 18.0 Å². The van der Waals surface area contributed by atoms with Crippen LogP contribution >= 0.6 is 15.9 Å². The molecule has 1 aromatic heterocycles. The molecular formula is C13H13BrF3N3O3. The first kappa shape index (κ1) is 17.5. The highest BCUT2D eigenvalue weighted by atomic mass is 79.9. The number of carboxylic acid groups (broad SMARTS) is 1. The molecule has 1 aliphatic heterocycles. The number of alkyl halides is 3. The number of nitrogens with two attached hydrogens (primary N) is 1. The normalized spacial score (nSPS) is 20.7. The average molecular weight is 396 g/mol. The summed E-state index contributed by atoms with van der Waals surface area (Å²) in [6.45, 7) is 0.978. The van der Waals surface area contributed by atoms with Crippen molar-refractivity contribution in [3.63, 3.8) is 0 Å². The summed E-state index contributed by atoms with van der Waals surface area (Å²) < 4.78 is 32.5. The quantitative estimate of drug-likeness (QED) is 0.623. The third-order valence-electron chi connectivity index (χ3n) is 3.67. The fourth-order valence-corrected chi connectivity index (χ4v) is 3.30. The summed E-state index contributed by atoms with van der Waals surface area (Å²) in [7, 11) is 2.05. The van der Waals surface area contributed by atoms with Crippen molar-refractivity contribution in [3.05, 3.63) is 33.2 Å². The molecule has 0 fully saturated rings. The van der Waals surface area contributed by atoms with Gasteiger partial charge < -0.3 is 15.8 Å². The van der Waals surface area contributed by atoms with Crippen LogP contribution in [-0.4, -0.2) is 46.5 Å². The predicted octanol–water partition coefficient (Wildman–Crippen LogP) is 1.94. The van der Waals surface area contributed by atoms with Crippen LogP contribution in [0.5, 0.6) is 0 Å². The fraction of sp³-hybridized carbons (Fsp3) is 0.385. The number of aliphatic carboxylic acids is 1. The number of aromatic nitrogens is 1. The molecule has 6 nitrogen and oxygen atoms in total. The van der Waals surface area contributed by atoms with Gasteiger partial charge >= 0.3 is 12.1 Å². The van der Waals surface area contributed by atoms with Gasteiger partial charge in [-0.25, -0.2) is 4.79 Å². The van der Waals surface area contributed by atoms with Crippen LogP contribution in [0.2, 0.25) is 0 Å². The van der Waals surface area contributed by atoms with Crippen LogP contribution in [0.3, 0.4) is 0 Å². The van der Waals surface area contributed by atoms with Crippen LogP contribution in [0.25, 0.3) is 0 Å². The molecule has 0 saturated carbocycles. The highest BCUT2D eigenvalue weighted by molar-refractivity contribution is 9.11. The number of carbonyl (C=O) groups is 2. The molecule has 1 aliphatic carbocycles. The van der Waals surface area contributed by atoms with Gasteiger partial charge in [0.05, 0.1) is 17.4 Å². The second-order valence-corrected chi connectivity index (χ2v) is 5.98. The third-order valence-corrected chi connectivity index (χ3v) is 4.53. The van der Waals surface area contributed by atoms with Gasteiger partial charge in [0.25, 0.3) is 0 Å². The molecule has 10 heteroatoms. The van der Waals surface area contributed by atoms with Gasteiger partial charge in [-0.05, 0) is 19.0 Å². The van der Waals surface area contributed by atoms with Gasteiger partial charge in [-0.15, -0.1) is 0 Å². The third kappa shape index (κ3) is 3.13. The first-order valence-corrected chi connectivity index (χ1v) is 7.25. The Morgan fingerprint density at radius 2 is 2.09 bits per heavy atom. The molecule has 0 aromatic carbocycles. The summed E-state index contributed by atoms with van der Waals surface area (Å²) in [6.07, 6.45) is -2.17. The fourth-order valence-electron chi connectivity index (χ4n) is 2.54. The van der Waals surface area contributed by atoms with E-state index in [0.717, 1.165) is 23.0 Å². The highest BCUT2D eigenvalue weighted by Crippen LogP contribution is 2.43. The lowest BCUT2D eigenvalue weighted by molar-refractivity contribution is -0.192. The Morgan fingerprint density at radius 1 is 1.52 bits per heavy atom. The standard InChI is InChI=1S/C11H12BrN3O.C2HF3O2/c1-15-3-2-5-4-14-9-6(5)10(15)7(12)8(13)11(9)16;3-2(4,5)1(6)7/h4,10,14H,2-3,13H2,1H3;(H,6,7). The molecule has 4 N–H and O–H groups in total. The summed E-state index contributed by atoms with van der Waals surface area (Å²) in [5, 5.41) is 7.12. The van der Waals surface area contributed by atoms with Crippen molar-refractivity contribution in [2.24, 2.45) is 5.73 Å². The molecule has 0 saturated heterocycles. The summed E-state index contributed by atoms with van der Waals surface area (Å²) >= 11 is 3.46. The number of aromatic amines is 1. The number of allylic oxidation sites excluding steroid dienone is 1. The zero-order valence-electron chi connectivity index (χ0n) is 11.9. The Morgan fingerprint density at radius 3 is 2.61 bits per heavy atom. The molecule has 3 rings (SSSR count). The van der Waals surface area contributed by atoms with Crippen LogP contribution in [0.15, 0.2) is 16.4 Å². The first-order valence-electron chi connectivity index (χ1n) is 6.46. The minimum atomic E-state index is -5.08. The largest absolute Gasteiger partial charge is 0.490 e. The van der Waals surface area contributed by atoms with Gasteiger partial charge in [0.15, 0.2) is 0 Å². The maximum absolute atomic E-state index is 12.0. The van der Waals surface area contributed by atoms with Gasteiger partial charge in [-0.1, -0.05) is 15.9 Å². The van der Waals surface area contributed by atoms with Gasteiger partial charge in [-0.3, -0.25) is 9.69 Å². The smallest absolute Gasteiger partial charge is 0.475 e. The number of rotatable bonds is 0. The summed E-state index contributed by atoms with van der Waals surface area (Å²) in [6, 6.07) is 0.0997. The molecule has 2 aliphatic rings. The van der Waals surface area contributed by atoms with Crippen molar-refractivity contribution >= 4 is 27.7 Å². The predicted molar refractivity (Wildman–Crippen MR) is 78.0 cm³/mol. The van der Waals surface area contributed by atoms with E-state index in [-0.39, 0.29) is 11.8 Å². The van der Waals surface area contributed by atoms with Gasteiger partial charge in [0, 0.05) is 22.8 Å². The number of hydrogen-bond acceptors (Lipinski definition) is 4.